The Hall–Kier alpha value is -3.28. The maximum atomic E-state index is 12.4. The number of aromatic nitrogens is 1. The quantitative estimate of drug-likeness (QED) is 0.704. The number of ether oxygens (including phenoxy) is 2. The molecular formula is C20H16N2O4S. The van der Waals surface area contributed by atoms with Gasteiger partial charge in [-0.2, -0.15) is 0 Å². The minimum Gasteiger partial charge on any atom is -0.486 e. The van der Waals surface area contributed by atoms with Crippen molar-refractivity contribution in [2.45, 2.75) is 4.90 Å². The Morgan fingerprint density at radius 3 is 2.78 bits per heavy atom. The van der Waals surface area contributed by atoms with Gasteiger partial charge in [-0.1, -0.05) is 18.2 Å². The van der Waals surface area contributed by atoms with E-state index in [-0.39, 0.29) is 4.90 Å². The molecule has 27 heavy (non-hydrogen) atoms. The van der Waals surface area contributed by atoms with Gasteiger partial charge in [0.05, 0.1) is 16.6 Å². The maximum absolute atomic E-state index is 12.4. The fourth-order valence-electron chi connectivity index (χ4n) is 2.75. The number of benzene rings is 2. The monoisotopic (exact) mass is 380 g/mol. The highest BCUT2D eigenvalue weighted by atomic mass is 32.2. The zero-order valence-electron chi connectivity index (χ0n) is 14.3. The van der Waals surface area contributed by atoms with E-state index < -0.39 is 10.0 Å². The summed E-state index contributed by atoms with van der Waals surface area (Å²) in [6.45, 7) is 0.848. The molecule has 0 amide bonds. The van der Waals surface area contributed by atoms with Crippen molar-refractivity contribution in [3.05, 3.63) is 72.2 Å². The van der Waals surface area contributed by atoms with Crippen LogP contribution in [0.1, 0.15) is 5.56 Å². The van der Waals surface area contributed by atoms with Gasteiger partial charge in [0, 0.05) is 17.6 Å². The summed E-state index contributed by atoms with van der Waals surface area (Å²) in [4.78, 5) is 4.39. The first kappa shape index (κ1) is 17.1. The summed E-state index contributed by atoms with van der Waals surface area (Å²) in [6.07, 6.45) is 4.70. The lowest BCUT2D eigenvalue weighted by Gasteiger charge is -2.18. The third kappa shape index (κ3) is 3.65. The highest BCUT2D eigenvalue weighted by molar-refractivity contribution is 7.89. The average Bonchev–Trinajstić information content (AvgIpc) is 2.71. The molecule has 2 heterocycles. The van der Waals surface area contributed by atoms with Crippen LogP contribution in [-0.4, -0.2) is 26.6 Å². The third-order valence-electron chi connectivity index (χ3n) is 4.04. The molecule has 0 atom stereocenters. The largest absolute Gasteiger partial charge is 0.486 e. The van der Waals surface area contributed by atoms with Crippen LogP contribution in [0, 0.1) is 0 Å². The van der Waals surface area contributed by atoms with Gasteiger partial charge in [-0.25, -0.2) is 8.42 Å². The van der Waals surface area contributed by atoms with Gasteiger partial charge in [0.1, 0.15) is 13.2 Å². The van der Waals surface area contributed by atoms with Crippen LogP contribution in [0.4, 0.5) is 0 Å². The second-order valence-electron chi connectivity index (χ2n) is 5.80. The van der Waals surface area contributed by atoms with Crippen molar-refractivity contribution in [3.8, 4) is 11.5 Å². The van der Waals surface area contributed by atoms with Crippen LogP contribution in [0.5, 0.6) is 11.5 Å². The fraction of sp³-hybridized carbons (Fsp3) is 0.100. The molecule has 7 heteroatoms. The van der Waals surface area contributed by atoms with E-state index in [1.807, 2.05) is 30.3 Å². The lowest BCUT2D eigenvalue weighted by atomic mass is 10.1. The van der Waals surface area contributed by atoms with Crippen molar-refractivity contribution < 1.29 is 17.9 Å². The number of sulfonamides is 1. The third-order valence-corrected chi connectivity index (χ3v) is 5.34. The van der Waals surface area contributed by atoms with E-state index in [0.717, 1.165) is 16.5 Å². The summed E-state index contributed by atoms with van der Waals surface area (Å²) in [7, 11) is -3.73. The van der Waals surface area contributed by atoms with Crippen molar-refractivity contribution in [1.82, 2.24) is 9.71 Å². The zero-order valence-corrected chi connectivity index (χ0v) is 15.1. The summed E-state index contributed by atoms with van der Waals surface area (Å²) in [5.41, 5.74) is 4.62. The van der Waals surface area contributed by atoms with Gasteiger partial charge >= 0.3 is 0 Å². The van der Waals surface area contributed by atoms with Crippen LogP contribution >= 0.6 is 0 Å². The van der Waals surface area contributed by atoms with E-state index in [4.69, 9.17) is 9.47 Å². The molecule has 0 saturated carbocycles. The highest BCUT2D eigenvalue weighted by Gasteiger charge is 2.18. The number of nitrogens with zero attached hydrogens (tertiary/aromatic N) is 1. The molecule has 1 aromatic heterocycles. The molecule has 4 rings (SSSR count). The Labute approximate surface area is 156 Å². The Bertz CT molecular complexity index is 1160. The molecule has 0 bridgehead atoms. The van der Waals surface area contributed by atoms with Gasteiger partial charge in [0.15, 0.2) is 11.5 Å². The Morgan fingerprint density at radius 2 is 1.89 bits per heavy atom. The van der Waals surface area contributed by atoms with Crippen molar-refractivity contribution in [2.24, 2.45) is 0 Å². The molecule has 0 fully saturated rings. The molecule has 2 aromatic carbocycles. The Morgan fingerprint density at radius 1 is 1.04 bits per heavy atom. The predicted molar refractivity (Wildman–Crippen MR) is 102 cm³/mol. The zero-order chi connectivity index (χ0) is 18.7. The molecule has 6 nitrogen and oxygen atoms in total. The molecule has 3 aromatic rings. The summed E-state index contributed by atoms with van der Waals surface area (Å²) in [5.74, 6) is 0.965. The van der Waals surface area contributed by atoms with Crippen LogP contribution < -0.4 is 14.2 Å². The first-order valence-electron chi connectivity index (χ1n) is 8.30. The molecule has 0 saturated heterocycles. The van der Waals surface area contributed by atoms with Crippen LogP contribution in [0.2, 0.25) is 0 Å². The number of fused-ring (bicyclic) bond motifs is 2. The van der Waals surface area contributed by atoms with Crippen LogP contribution in [0.3, 0.4) is 0 Å². The topological polar surface area (TPSA) is 77.5 Å². The second-order valence-corrected chi connectivity index (χ2v) is 7.51. The average molecular weight is 380 g/mol. The van der Waals surface area contributed by atoms with Gasteiger partial charge in [-0.05, 0) is 35.9 Å². The standard InChI is InChI=1S/C20H16N2O4S/c23-27(24,16-8-9-19-20(14-16)26-13-12-25-19)22-11-2-5-15-4-1-7-18-17(15)6-3-10-21-18/h1,3-11,14,22H,12-13H2. The normalized spacial score (nSPS) is 12.9. The fourth-order valence-corrected chi connectivity index (χ4v) is 3.62. The van der Waals surface area contributed by atoms with E-state index in [1.54, 1.807) is 18.3 Å². The van der Waals surface area contributed by atoms with Gasteiger partial charge in [0.25, 0.3) is 10.0 Å². The van der Waals surface area contributed by atoms with E-state index in [9.17, 15) is 8.42 Å². The van der Waals surface area contributed by atoms with Gasteiger partial charge in [-0.3, -0.25) is 9.71 Å². The van der Waals surface area contributed by atoms with Gasteiger partial charge in [-0.15, -0.1) is 5.73 Å². The molecule has 0 radical (unpaired) electrons. The molecule has 136 valence electrons. The van der Waals surface area contributed by atoms with Crippen molar-refractivity contribution in [2.75, 3.05) is 13.2 Å². The lowest BCUT2D eigenvalue weighted by molar-refractivity contribution is 0.171. The first-order valence-corrected chi connectivity index (χ1v) is 9.78. The number of nitrogens with one attached hydrogen (secondary N) is 1. The smallest absolute Gasteiger partial charge is 0.262 e. The summed E-state index contributed by atoms with van der Waals surface area (Å²) >= 11 is 0. The van der Waals surface area contributed by atoms with Gasteiger partial charge < -0.3 is 9.47 Å². The molecule has 1 N–H and O–H groups in total. The first-order chi connectivity index (χ1) is 13.1. The molecule has 0 spiro atoms. The SMILES string of the molecule is O=S(=O)(NC=C=Cc1cccc2ncccc12)c1ccc2c(c1)OCCO2. The van der Waals surface area contributed by atoms with Crippen LogP contribution in [-0.2, 0) is 10.0 Å². The Balaban J connectivity index is 1.55. The molecule has 1 aliphatic heterocycles. The minimum absolute atomic E-state index is 0.0964. The molecule has 0 aliphatic carbocycles. The van der Waals surface area contributed by atoms with Gasteiger partial charge in [0.2, 0.25) is 0 Å². The summed E-state index contributed by atoms with van der Waals surface area (Å²) in [5, 5.41) is 0.968. The summed E-state index contributed by atoms with van der Waals surface area (Å²) in [6, 6.07) is 14.0. The molecule has 1 aliphatic rings. The highest BCUT2D eigenvalue weighted by Crippen LogP contribution is 2.32. The van der Waals surface area contributed by atoms with E-state index in [1.165, 1.54) is 18.3 Å². The van der Waals surface area contributed by atoms with Crippen LogP contribution in [0.25, 0.3) is 17.0 Å². The van der Waals surface area contributed by atoms with E-state index >= 15 is 0 Å². The van der Waals surface area contributed by atoms with E-state index in [0.29, 0.717) is 24.7 Å². The van der Waals surface area contributed by atoms with Crippen LogP contribution in [0.15, 0.2) is 71.6 Å². The second kappa shape index (κ2) is 7.15. The molecule has 0 unspecified atom stereocenters. The molecular weight excluding hydrogens is 364 g/mol. The minimum atomic E-state index is -3.73. The summed E-state index contributed by atoms with van der Waals surface area (Å²) < 4.78 is 38.1. The van der Waals surface area contributed by atoms with Crippen molar-refractivity contribution in [1.29, 1.82) is 0 Å². The number of hydrogen-bond donors (Lipinski definition) is 1. The predicted octanol–water partition coefficient (Wildman–Crippen LogP) is 3.11. The van der Waals surface area contributed by atoms with Crippen molar-refractivity contribution in [3.63, 3.8) is 0 Å². The van der Waals surface area contributed by atoms with Crippen molar-refractivity contribution >= 4 is 27.0 Å². The number of rotatable bonds is 4. The maximum Gasteiger partial charge on any atom is 0.262 e. The number of hydrogen-bond acceptors (Lipinski definition) is 5. The Kier molecular flexibility index (Phi) is 4.54. The van der Waals surface area contributed by atoms with E-state index in [2.05, 4.69) is 15.4 Å². The number of pyridine rings is 1. The lowest BCUT2D eigenvalue weighted by Crippen LogP contribution is -2.19.